The molecule has 0 aliphatic heterocycles. The molecule has 2 aromatic carbocycles. The van der Waals surface area contributed by atoms with Crippen molar-refractivity contribution in [1.82, 2.24) is 9.97 Å². The van der Waals surface area contributed by atoms with Crippen molar-refractivity contribution in [2.24, 2.45) is 0 Å². The molecule has 29 heavy (non-hydrogen) atoms. The molecule has 5 heteroatoms. The highest BCUT2D eigenvalue weighted by Gasteiger charge is 2.11. The molecule has 3 aromatic heterocycles. The Labute approximate surface area is 166 Å². The predicted octanol–water partition coefficient (Wildman–Crippen LogP) is 5.45. The lowest BCUT2D eigenvalue weighted by Crippen LogP contribution is -1.84. The largest absolute Gasteiger partial charge is 0.456 e. The number of nitrogens with zero attached hydrogens (tertiary/aromatic N) is 4. The topological polar surface area (TPSA) is 86.5 Å². The van der Waals surface area contributed by atoms with E-state index < -0.39 is 0 Å². The van der Waals surface area contributed by atoms with Crippen LogP contribution in [0.5, 0.6) is 0 Å². The summed E-state index contributed by atoms with van der Waals surface area (Å²) in [6.07, 6.45) is 6.58. The summed E-state index contributed by atoms with van der Waals surface area (Å²) in [5.74, 6) is 0. The fraction of sp³-hybridized carbons (Fsp3) is 0. The molecule has 0 amide bonds. The van der Waals surface area contributed by atoms with Crippen molar-refractivity contribution < 1.29 is 4.42 Å². The monoisotopic (exact) mass is 372 g/mol. The van der Waals surface area contributed by atoms with Crippen LogP contribution < -0.4 is 0 Å². The first kappa shape index (κ1) is 16.7. The van der Waals surface area contributed by atoms with E-state index in [9.17, 15) is 0 Å². The molecule has 0 radical (unpaired) electrons. The summed E-state index contributed by atoms with van der Waals surface area (Å²) in [4.78, 5) is 8.31. The van der Waals surface area contributed by atoms with Crippen LogP contribution in [0.25, 0.3) is 44.2 Å². The highest BCUT2D eigenvalue weighted by atomic mass is 16.3. The molecular weight excluding hydrogens is 360 g/mol. The average molecular weight is 372 g/mol. The van der Waals surface area contributed by atoms with E-state index in [1.165, 1.54) is 0 Å². The molecule has 0 spiro atoms. The standard InChI is InChI=1S/C24H12N4O/c25-9-15-5-19(13-27-11-15)17-1-3-23-21(7-17)22-8-18(2-4-24(22)29-23)20-6-16(10-26)12-28-14-20/h1-8,11-14H. The minimum absolute atomic E-state index is 0.520. The number of pyridine rings is 2. The summed E-state index contributed by atoms with van der Waals surface area (Å²) in [6.45, 7) is 0. The molecule has 0 saturated carbocycles. The fourth-order valence-electron chi connectivity index (χ4n) is 3.45. The highest BCUT2D eigenvalue weighted by Crippen LogP contribution is 2.35. The van der Waals surface area contributed by atoms with E-state index in [2.05, 4.69) is 22.1 Å². The van der Waals surface area contributed by atoms with Crippen molar-refractivity contribution in [2.45, 2.75) is 0 Å². The lowest BCUT2D eigenvalue weighted by Gasteiger charge is -2.03. The van der Waals surface area contributed by atoms with Gasteiger partial charge in [0, 0.05) is 46.7 Å². The lowest BCUT2D eigenvalue weighted by atomic mass is 10.0. The van der Waals surface area contributed by atoms with Gasteiger partial charge in [0.25, 0.3) is 0 Å². The van der Waals surface area contributed by atoms with E-state index in [0.29, 0.717) is 11.1 Å². The smallest absolute Gasteiger partial charge is 0.135 e. The number of nitriles is 2. The van der Waals surface area contributed by atoms with Crippen molar-refractivity contribution in [3.63, 3.8) is 0 Å². The van der Waals surface area contributed by atoms with Gasteiger partial charge in [0.05, 0.1) is 11.1 Å². The summed E-state index contributed by atoms with van der Waals surface area (Å²) >= 11 is 0. The van der Waals surface area contributed by atoms with Crippen molar-refractivity contribution in [1.29, 1.82) is 10.5 Å². The van der Waals surface area contributed by atoms with Gasteiger partial charge in [-0.05, 0) is 47.5 Å². The minimum atomic E-state index is 0.520. The second-order valence-corrected chi connectivity index (χ2v) is 6.67. The molecule has 0 saturated heterocycles. The van der Waals surface area contributed by atoms with Crippen molar-refractivity contribution >= 4 is 21.9 Å². The van der Waals surface area contributed by atoms with Crippen LogP contribution in [0.1, 0.15) is 11.1 Å². The van der Waals surface area contributed by atoms with Gasteiger partial charge in [0.15, 0.2) is 0 Å². The van der Waals surface area contributed by atoms with Crippen molar-refractivity contribution in [2.75, 3.05) is 0 Å². The van der Waals surface area contributed by atoms with Gasteiger partial charge >= 0.3 is 0 Å². The molecule has 0 bridgehead atoms. The molecule has 5 rings (SSSR count). The Bertz CT molecular complexity index is 1370. The Kier molecular flexibility index (Phi) is 3.79. The van der Waals surface area contributed by atoms with E-state index in [1.54, 1.807) is 24.8 Å². The second-order valence-electron chi connectivity index (χ2n) is 6.67. The molecule has 0 unspecified atom stereocenters. The quantitative estimate of drug-likeness (QED) is 0.411. The second kappa shape index (κ2) is 6.60. The molecule has 5 nitrogen and oxygen atoms in total. The number of aromatic nitrogens is 2. The fourth-order valence-corrected chi connectivity index (χ4v) is 3.45. The number of hydrogen-bond acceptors (Lipinski definition) is 5. The van der Waals surface area contributed by atoms with Crippen LogP contribution in [-0.2, 0) is 0 Å². The van der Waals surface area contributed by atoms with Crippen LogP contribution in [-0.4, -0.2) is 9.97 Å². The number of fused-ring (bicyclic) bond motifs is 3. The van der Waals surface area contributed by atoms with Crippen molar-refractivity contribution in [3.8, 4) is 34.4 Å². The van der Waals surface area contributed by atoms with Gasteiger partial charge in [-0.2, -0.15) is 10.5 Å². The van der Waals surface area contributed by atoms with E-state index in [4.69, 9.17) is 14.9 Å². The maximum atomic E-state index is 9.13. The summed E-state index contributed by atoms with van der Waals surface area (Å²) in [7, 11) is 0. The first-order chi connectivity index (χ1) is 14.2. The molecule has 3 heterocycles. The van der Waals surface area contributed by atoms with E-state index >= 15 is 0 Å². The molecular formula is C24H12N4O. The van der Waals surface area contributed by atoms with Crippen LogP contribution in [0.15, 0.2) is 77.7 Å². The number of hydrogen-bond donors (Lipinski definition) is 0. The summed E-state index contributed by atoms with van der Waals surface area (Å²) in [5.41, 5.74) is 6.29. The maximum absolute atomic E-state index is 9.13. The average Bonchev–Trinajstić information content (AvgIpc) is 3.16. The molecule has 5 aromatic rings. The molecule has 0 atom stereocenters. The highest BCUT2D eigenvalue weighted by molar-refractivity contribution is 6.07. The van der Waals surface area contributed by atoms with Gasteiger partial charge in [-0.1, -0.05) is 12.1 Å². The normalized spacial score (nSPS) is 10.7. The SMILES string of the molecule is N#Cc1cncc(-c2ccc3oc4ccc(-c5cncc(C#N)c5)cc4c3c2)c1. The zero-order valence-electron chi connectivity index (χ0n) is 15.1. The zero-order chi connectivity index (χ0) is 19.8. The lowest BCUT2D eigenvalue weighted by molar-refractivity contribution is 0.669. The van der Waals surface area contributed by atoms with Crippen molar-refractivity contribution in [3.05, 3.63) is 84.4 Å². The van der Waals surface area contributed by atoms with Crippen LogP contribution in [0.4, 0.5) is 0 Å². The minimum Gasteiger partial charge on any atom is -0.456 e. The van der Waals surface area contributed by atoms with Gasteiger partial charge in [0.1, 0.15) is 23.3 Å². The van der Waals surface area contributed by atoms with Crippen LogP contribution in [0.3, 0.4) is 0 Å². The Balaban J connectivity index is 1.69. The van der Waals surface area contributed by atoms with Crippen LogP contribution >= 0.6 is 0 Å². The van der Waals surface area contributed by atoms with E-state index in [0.717, 1.165) is 44.2 Å². The Morgan fingerprint density at radius 1 is 0.586 bits per heavy atom. The van der Waals surface area contributed by atoms with Gasteiger partial charge in [-0.15, -0.1) is 0 Å². The van der Waals surface area contributed by atoms with E-state index in [-0.39, 0.29) is 0 Å². The van der Waals surface area contributed by atoms with E-state index in [1.807, 2.05) is 48.5 Å². The summed E-state index contributed by atoms with van der Waals surface area (Å²) in [6, 6.07) is 19.8. The molecule has 0 N–H and O–H groups in total. The molecule has 134 valence electrons. The first-order valence-corrected chi connectivity index (χ1v) is 8.92. The van der Waals surface area contributed by atoms with Gasteiger partial charge in [-0.3, -0.25) is 9.97 Å². The number of benzene rings is 2. The number of furan rings is 1. The maximum Gasteiger partial charge on any atom is 0.135 e. The first-order valence-electron chi connectivity index (χ1n) is 8.92. The Morgan fingerprint density at radius 2 is 1.07 bits per heavy atom. The Hall–Kier alpha value is -4.48. The summed E-state index contributed by atoms with van der Waals surface area (Å²) in [5, 5.41) is 20.2. The van der Waals surface area contributed by atoms with Crippen LogP contribution in [0, 0.1) is 22.7 Å². The third kappa shape index (κ3) is 2.88. The summed E-state index contributed by atoms with van der Waals surface area (Å²) < 4.78 is 5.99. The predicted molar refractivity (Wildman–Crippen MR) is 110 cm³/mol. The van der Waals surface area contributed by atoms with Gasteiger partial charge in [-0.25, -0.2) is 0 Å². The number of rotatable bonds is 2. The molecule has 0 aliphatic rings. The van der Waals surface area contributed by atoms with Gasteiger partial charge in [0.2, 0.25) is 0 Å². The third-order valence-corrected chi connectivity index (χ3v) is 4.87. The molecule has 0 fully saturated rings. The third-order valence-electron chi connectivity index (χ3n) is 4.87. The Morgan fingerprint density at radius 3 is 1.52 bits per heavy atom. The van der Waals surface area contributed by atoms with Crippen LogP contribution in [0.2, 0.25) is 0 Å². The van der Waals surface area contributed by atoms with Gasteiger partial charge < -0.3 is 4.42 Å². The zero-order valence-corrected chi connectivity index (χ0v) is 15.1. The molecule has 0 aliphatic carbocycles.